The van der Waals surface area contributed by atoms with Crippen molar-refractivity contribution in [2.45, 2.75) is 56.1 Å². The third-order valence-electron chi connectivity index (χ3n) is 5.31. The molecule has 3 heterocycles. The first kappa shape index (κ1) is 13.3. The van der Waals surface area contributed by atoms with E-state index in [1.54, 1.807) is 0 Å². The molecular formula is C17H21NO3. The van der Waals surface area contributed by atoms with Gasteiger partial charge in [0.1, 0.15) is 18.3 Å². The van der Waals surface area contributed by atoms with Gasteiger partial charge in [0.2, 0.25) is 0 Å². The third-order valence-corrected chi connectivity index (χ3v) is 5.31. The first-order valence-electron chi connectivity index (χ1n) is 7.78. The lowest BCUT2D eigenvalue weighted by molar-refractivity contribution is -0.155. The Morgan fingerprint density at radius 1 is 1.24 bits per heavy atom. The van der Waals surface area contributed by atoms with Crippen molar-refractivity contribution in [2.75, 3.05) is 7.05 Å². The zero-order valence-electron chi connectivity index (χ0n) is 12.4. The molecule has 3 fully saturated rings. The number of rotatable bonds is 3. The van der Waals surface area contributed by atoms with Crippen LogP contribution in [0.25, 0.3) is 0 Å². The highest BCUT2D eigenvalue weighted by Gasteiger charge is 2.62. The molecule has 0 spiro atoms. The average Bonchev–Trinajstić information content (AvgIpc) is 3.25. The SMILES string of the molecule is C[C@H](C(=O)OC1CC2[C@H]3O[C@H]3C(C1)N2C)c1ccccc1. The van der Waals surface area contributed by atoms with Gasteiger partial charge in [0.25, 0.3) is 0 Å². The molecule has 6 atom stereocenters. The van der Waals surface area contributed by atoms with Crippen LogP contribution in [0, 0.1) is 0 Å². The van der Waals surface area contributed by atoms with Crippen molar-refractivity contribution in [3.8, 4) is 0 Å². The van der Waals surface area contributed by atoms with E-state index < -0.39 is 0 Å². The molecule has 0 aromatic heterocycles. The van der Waals surface area contributed by atoms with Gasteiger partial charge in [-0.25, -0.2) is 0 Å². The second-order valence-corrected chi connectivity index (χ2v) is 6.53. The summed E-state index contributed by atoms with van der Waals surface area (Å²) in [5.74, 6) is -0.306. The third kappa shape index (κ3) is 2.17. The molecular weight excluding hydrogens is 266 g/mol. The number of carbonyl (C=O) groups is 1. The lowest BCUT2D eigenvalue weighted by Gasteiger charge is -2.38. The van der Waals surface area contributed by atoms with E-state index in [1.807, 2.05) is 37.3 Å². The Balaban J connectivity index is 1.40. The number of epoxide rings is 1. The minimum atomic E-state index is -0.200. The summed E-state index contributed by atoms with van der Waals surface area (Å²) < 4.78 is 11.5. The minimum absolute atomic E-state index is 0.0475. The van der Waals surface area contributed by atoms with Gasteiger partial charge < -0.3 is 9.47 Å². The molecule has 3 saturated heterocycles. The van der Waals surface area contributed by atoms with Crippen molar-refractivity contribution in [3.63, 3.8) is 0 Å². The van der Waals surface area contributed by atoms with Crippen LogP contribution in [-0.2, 0) is 14.3 Å². The highest BCUT2D eigenvalue weighted by Crippen LogP contribution is 2.48. The maximum atomic E-state index is 12.4. The van der Waals surface area contributed by atoms with Crippen LogP contribution >= 0.6 is 0 Å². The fourth-order valence-electron chi connectivity index (χ4n) is 3.94. The van der Waals surface area contributed by atoms with E-state index in [0.29, 0.717) is 24.3 Å². The molecule has 4 heteroatoms. The molecule has 21 heavy (non-hydrogen) atoms. The Morgan fingerprint density at radius 3 is 2.48 bits per heavy atom. The minimum Gasteiger partial charge on any atom is -0.462 e. The molecule has 3 aliphatic rings. The molecule has 2 bridgehead atoms. The van der Waals surface area contributed by atoms with Crippen LogP contribution in [0.15, 0.2) is 30.3 Å². The number of hydrogen-bond acceptors (Lipinski definition) is 4. The van der Waals surface area contributed by atoms with Gasteiger partial charge in [0.05, 0.1) is 5.92 Å². The molecule has 0 aliphatic carbocycles. The number of esters is 1. The maximum absolute atomic E-state index is 12.4. The topological polar surface area (TPSA) is 42.1 Å². The van der Waals surface area contributed by atoms with Crippen molar-refractivity contribution in [2.24, 2.45) is 0 Å². The highest BCUT2D eigenvalue weighted by atomic mass is 16.6. The molecule has 3 unspecified atom stereocenters. The number of piperidine rings is 1. The van der Waals surface area contributed by atoms with Crippen molar-refractivity contribution < 1.29 is 14.3 Å². The van der Waals surface area contributed by atoms with E-state index in [-0.39, 0.29) is 18.0 Å². The van der Waals surface area contributed by atoms with Crippen LogP contribution in [0.2, 0.25) is 0 Å². The summed E-state index contributed by atoms with van der Waals surface area (Å²) in [6, 6.07) is 10.7. The summed E-state index contributed by atoms with van der Waals surface area (Å²) in [6.07, 6.45) is 2.62. The number of fused-ring (bicyclic) bond motifs is 5. The first-order valence-corrected chi connectivity index (χ1v) is 7.78. The molecule has 3 aliphatic heterocycles. The van der Waals surface area contributed by atoms with E-state index in [1.165, 1.54) is 0 Å². The summed E-state index contributed by atoms with van der Waals surface area (Å²) in [4.78, 5) is 14.8. The summed E-state index contributed by atoms with van der Waals surface area (Å²) in [5.41, 5.74) is 1.02. The standard InChI is InChI=1S/C17H21NO3/c1-10(11-6-4-3-5-7-11)17(19)20-12-8-13-15-16(21-15)14(9-12)18(13)2/h3-7,10,12-16H,8-9H2,1-2H3/t10-,12?,13?,14?,15-,16+/m0/s1. The van der Waals surface area contributed by atoms with Crippen LogP contribution in [0.4, 0.5) is 0 Å². The summed E-state index contributed by atoms with van der Waals surface area (Å²) >= 11 is 0. The van der Waals surface area contributed by atoms with Crippen LogP contribution < -0.4 is 0 Å². The monoisotopic (exact) mass is 287 g/mol. The predicted octanol–water partition coefficient (Wildman–Crippen LogP) is 1.95. The van der Waals surface area contributed by atoms with E-state index in [0.717, 1.165) is 18.4 Å². The molecule has 4 rings (SSSR count). The van der Waals surface area contributed by atoms with Crippen molar-refractivity contribution in [1.82, 2.24) is 4.90 Å². The van der Waals surface area contributed by atoms with E-state index in [4.69, 9.17) is 9.47 Å². The quantitative estimate of drug-likeness (QED) is 0.629. The van der Waals surface area contributed by atoms with E-state index in [2.05, 4.69) is 11.9 Å². The van der Waals surface area contributed by atoms with Gasteiger partial charge >= 0.3 is 5.97 Å². The molecule has 4 nitrogen and oxygen atoms in total. The molecule has 1 aromatic rings. The number of carbonyl (C=O) groups excluding carboxylic acids is 1. The van der Waals surface area contributed by atoms with Gasteiger partial charge in [0.15, 0.2) is 0 Å². The van der Waals surface area contributed by atoms with Gasteiger partial charge in [-0.2, -0.15) is 0 Å². The zero-order chi connectivity index (χ0) is 14.6. The van der Waals surface area contributed by atoms with Gasteiger partial charge in [-0.3, -0.25) is 9.69 Å². The maximum Gasteiger partial charge on any atom is 0.313 e. The second kappa shape index (κ2) is 4.82. The van der Waals surface area contributed by atoms with Gasteiger partial charge in [0, 0.05) is 24.9 Å². The van der Waals surface area contributed by atoms with Crippen LogP contribution in [-0.4, -0.2) is 48.3 Å². The fraction of sp³-hybridized carbons (Fsp3) is 0.588. The Morgan fingerprint density at radius 2 is 1.86 bits per heavy atom. The summed E-state index contributed by atoms with van der Waals surface area (Å²) in [5, 5.41) is 0. The Labute approximate surface area is 125 Å². The smallest absolute Gasteiger partial charge is 0.313 e. The van der Waals surface area contributed by atoms with Crippen molar-refractivity contribution >= 4 is 5.97 Å². The predicted molar refractivity (Wildman–Crippen MR) is 78.0 cm³/mol. The average molecular weight is 287 g/mol. The molecule has 0 amide bonds. The number of nitrogens with zero attached hydrogens (tertiary/aromatic N) is 1. The molecule has 112 valence electrons. The largest absolute Gasteiger partial charge is 0.462 e. The molecule has 0 radical (unpaired) electrons. The Hall–Kier alpha value is -1.39. The highest BCUT2D eigenvalue weighted by molar-refractivity contribution is 5.77. The number of hydrogen-bond donors (Lipinski definition) is 0. The lowest BCUT2D eigenvalue weighted by atomic mass is 9.98. The van der Waals surface area contributed by atoms with E-state index in [9.17, 15) is 4.79 Å². The number of ether oxygens (including phenoxy) is 2. The molecule has 1 aromatic carbocycles. The van der Waals surface area contributed by atoms with Crippen LogP contribution in [0.5, 0.6) is 0 Å². The van der Waals surface area contributed by atoms with Crippen LogP contribution in [0.1, 0.15) is 31.2 Å². The molecule has 0 saturated carbocycles. The lowest BCUT2D eigenvalue weighted by Crippen LogP contribution is -2.48. The summed E-state index contributed by atoms with van der Waals surface area (Å²) in [7, 11) is 2.16. The zero-order valence-corrected chi connectivity index (χ0v) is 12.4. The molecule has 0 N–H and O–H groups in total. The van der Waals surface area contributed by atoms with Crippen molar-refractivity contribution in [3.05, 3.63) is 35.9 Å². The van der Waals surface area contributed by atoms with E-state index >= 15 is 0 Å². The number of morpholine rings is 1. The number of likely N-dealkylation sites (N-methyl/N-ethyl adjacent to an activating group) is 1. The van der Waals surface area contributed by atoms with Gasteiger partial charge in [-0.15, -0.1) is 0 Å². The number of benzene rings is 1. The normalized spacial score (nSPS) is 38.7. The second-order valence-electron chi connectivity index (χ2n) is 6.53. The van der Waals surface area contributed by atoms with Gasteiger partial charge in [-0.1, -0.05) is 30.3 Å². The van der Waals surface area contributed by atoms with Crippen molar-refractivity contribution in [1.29, 1.82) is 0 Å². The fourth-order valence-corrected chi connectivity index (χ4v) is 3.94. The Bertz CT molecular complexity index is 528. The summed E-state index contributed by atoms with van der Waals surface area (Å²) in [6.45, 7) is 1.92. The first-order chi connectivity index (χ1) is 10.1. The van der Waals surface area contributed by atoms with Gasteiger partial charge in [-0.05, 0) is 19.5 Å². The van der Waals surface area contributed by atoms with Crippen LogP contribution in [0.3, 0.4) is 0 Å². The Kier molecular flexibility index (Phi) is 3.05.